The van der Waals surface area contributed by atoms with Crippen molar-refractivity contribution < 1.29 is 9.32 Å². The summed E-state index contributed by atoms with van der Waals surface area (Å²) in [6.45, 7) is 4.31. The highest BCUT2D eigenvalue weighted by molar-refractivity contribution is 7.22. The maximum Gasteiger partial charge on any atom is 0.227 e. The lowest BCUT2D eigenvalue weighted by Crippen LogP contribution is -2.12. The lowest BCUT2D eigenvalue weighted by molar-refractivity contribution is -0.116. The van der Waals surface area contributed by atoms with Gasteiger partial charge in [-0.1, -0.05) is 66.7 Å². The van der Waals surface area contributed by atoms with Gasteiger partial charge in [0.2, 0.25) is 17.6 Å². The number of hydrogen-bond donors (Lipinski definition) is 1. The summed E-state index contributed by atoms with van der Waals surface area (Å²) >= 11 is 1.46. The van der Waals surface area contributed by atoms with Crippen LogP contribution in [0, 0.1) is 0 Å². The molecule has 1 amide bonds. The SMILES string of the molecule is CC(C)c1ccc(-c2noc(CCC(=O)Nc3nc4ccccc4s3)n2)cc1. The first-order valence-electron chi connectivity index (χ1n) is 9.17. The van der Waals surface area contributed by atoms with Crippen molar-refractivity contribution in [2.24, 2.45) is 0 Å². The average Bonchev–Trinajstić information content (AvgIpc) is 3.33. The average molecular weight is 392 g/mol. The van der Waals surface area contributed by atoms with Crippen LogP contribution in [0.3, 0.4) is 0 Å². The number of carbonyl (C=O) groups is 1. The smallest absolute Gasteiger partial charge is 0.227 e. The monoisotopic (exact) mass is 392 g/mol. The van der Waals surface area contributed by atoms with Crippen molar-refractivity contribution in [2.45, 2.75) is 32.6 Å². The maximum atomic E-state index is 12.2. The number of hydrogen-bond acceptors (Lipinski definition) is 6. The Morgan fingerprint density at radius 1 is 1.11 bits per heavy atom. The van der Waals surface area contributed by atoms with Crippen molar-refractivity contribution in [1.82, 2.24) is 15.1 Å². The number of aromatic nitrogens is 3. The minimum absolute atomic E-state index is 0.125. The minimum Gasteiger partial charge on any atom is -0.339 e. The van der Waals surface area contributed by atoms with Crippen LogP contribution in [0.15, 0.2) is 53.1 Å². The highest BCUT2D eigenvalue weighted by atomic mass is 32.1. The van der Waals surface area contributed by atoms with Gasteiger partial charge in [-0.2, -0.15) is 4.98 Å². The first-order chi connectivity index (χ1) is 13.6. The van der Waals surface area contributed by atoms with Crippen molar-refractivity contribution in [3.63, 3.8) is 0 Å². The summed E-state index contributed by atoms with van der Waals surface area (Å²) in [5.41, 5.74) is 3.05. The Hall–Kier alpha value is -3.06. The van der Waals surface area contributed by atoms with Crippen molar-refractivity contribution in [3.8, 4) is 11.4 Å². The molecule has 28 heavy (non-hydrogen) atoms. The van der Waals surface area contributed by atoms with Crippen LogP contribution in [0.4, 0.5) is 5.13 Å². The van der Waals surface area contributed by atoms with Gasteiger partial charge < -0.3 is 9.84 Å². The number of rotatable bonds is 6. The number of thiazole rings is 1. The van der Waals surface area contributed by atoms with Crippen LogP contribution in [0.5, 0.6) is 0 Å². The largest absolute Gasteiger partial charge is 0.339 e. The molecule has 0 spiro atoms. The second kappa shape index (κ2) is 7.90. The van der Waals surface area contributed by atoms with Crippen molar-refractivity contribution >= 4 is 32.6 Å². The summed E-state index contributed by atoms with van der Waals surface area (Å²) in [7, 11) is 0. The Morgan fingerprint density at radius 3 is 2.64 bits per heavy atom. The van der Waals surface area contributed by atoms with Gasteiger partial charge in [-0.25, -0.2) is 4.98 Å². The molecule has 0 atom stereocenters. The Bertz CT molecular complexity index is 1070. The molecule has 0 saturated carbocycles. The molecule has 0 aliphatic heterocycles. The standard InChI is InChI=1S/C21H20N4O2S/c1-13(2)14-7-9-15(10-8-14)20-24-19(27-25-20)12-11-18(26)23-21-22-16-5-3-4-6-17(16)28-21/h3-10,13H,11-12H2,1-2H3,(H,22,23,26). The fourth-order valence-corrected chi connectivity index (χ4v) is 3.70. The number of benzene rings is 2. The molecular formula is C21H20N4O2S. The summed E-state index contributed by atoms with van der Waals surface area (Å²) in [6.07, 6.45) is 0.637. The molecule has 6 nitrogen and oxygen atoms in total. The van der Waals surface area contributed by atoms with Gasteiger partial charge in [-0.05, 0) is 23.6 Å². The molecule has 2 heterocycles. The molecule has 0 bridgehead atoms. The third-order valence-corrected chi connectivity index (χ3v) is 5.36. The van der Waals surface area contributed by atoms with Gasteiger partial charge in [0.25, 0.3) is 0 Å². The molecule has 0 aliphatic rings. The van der Waals surface area contributed by atoms with E-state index in [-0.39, 0.29) is 12.3 Å². The molecule has 1 N–H and O–H groups in total. The van der Waals surface area contributed by atoms with Gasteiger partial charge in [0.15, 0.2) is 5.13 Å². The van der Waals surface area contributed by atoms with Crippen LogP contribution in [0.2, 0.25) is 0 Å². The van der Waals surface area contributed by atoms with Crippen LogP contribution in [0.1, 0.15) is 37.6 Å². The molecule has 0 saturated heterocycles. The van der Waals surface area contributed by atoms with E-state index >= 15 is 0 Å². The molecule has 2 aromatic carbocycles. The highest BCUT2D eigenvalue weighted by Gasteiger charge is 2.12. The molecule has 0 fully saturated rings. The molecular weight excluding hydrogens is 372 g/mol. The van der Waals surface area contributed by atoms with Gasteiger partial charge in [-0.15, -0.1) is 0 Å². The van der Waals surface area contributed by atoms with E-state index in [9.17, 15) is 4.79 Å². The Labute approximate surface area is 166 Å². The van der Waals surface area contributed by atoms with Crippen molar-refractivity contribution in [2.75, 3.05) is 5.32 Å². The number of nitrogens with zero attached hydrogens (tertiary/aromatic N) is 3. The van der Waals surface area contributed by atoms with Gasteiger partial charge in [0.1, 0.15) is 0 Å². The van der Waals surface area contributed by atoms with E-state index in [0.29, 0.717) is 29.2 Å². The van der Waals surface area contributed by atoms with Crippen molar-refractivity contribution in [1.29, 1.82) is 0 Å². The number of fused-ring (bicyclic) bond motifs is 1. The first kappa shape index (κ1) is 18.3. The minimum atomic E-state index is -0.125. The molecule has 2 aromatic heterocycles. The third kappa shape index (κ3) is 4.09. The summed E-state index contributed by atoms with van der Waals surface area (Å²) in [5.74, 6) is 1.34. The molecule has 4 rings (SSSR count). The van der Waals surface area contributed by atoms with Crippen LogP contribution >= 0.6 is 11.3 Å². The normalized spacial score (nSPS) is 11.2. The van der Waals surface area contributed by atoms with E-state index in [0.717, 1.165) is 15.8 Å². The second-order valence-electron chi connectivity index (χ2n) is 6.82. The van der Waals surface area contributed by atoms with E-state index in [1.807, 2.05) is 36.4 Å². The topological polar surface area (TPSA) is 80.9 Å². The summed E-state index contributed by atoms with van der Waals surface area (Å²) in [5, 5.41) is 7.46. The number of carbonyl (C=O) groups excluding carboxylic acids is 1. The van der Waals surface area contributed by atoms with E-state index in [4.69, 9.17) is 4.52 Å². The van der Waals surface area contributed by atoms with Gasteiger partial charge in [0, 0.05) is 18.4 Å². The Kier molecular flexibility index (Phi) is 5.16. The van der Waals surface area contributed by atoms with E-state index in [1.165, 1.54) is 16.9 Å². The summed E-state index contributed by atoms with van der Waals surface area (Å²) < 4.78 is 6.34. The second-order valence-corrected chi connectivity index (χ2v) is 7.85. The molecule has 7 heteroatoms. The maximum absolute atomic E-state index is 12.2. The Morgan fingerprint density at radius 2 is 1.89 bits per heavy atom. The quantitative estimate of drug-likeness (QED) is 0.497. The molecule has 0 aliphatic carbocycles. The zero-order chi connectivity index (χ0) is 19.5. The molecule has 0 radical (unpaired) electrons. The fourth-order valence-electron chi connectivity index (χ4n) is 2.82. The lowest BCUT2D eigenvalue weighted by Gasteiger charge is -2.04. The lowest BCUT2D eigenvalue weighted by atomic mass is 10.0. The van der Waals surface area contributed by atoms with Gasteiger partial charge in [-0.3, -0.25) is 4.79 Å². The summed E-state index contributed by atoms with van der Waals surface area (Å²) in [6, 6.07) is 15.9. The first-order valence-corrected chi connectivity index (χ1v) is 9.98. The highest BCUT2D eigenvalue weighted by Crippen LogP contribution is 2.25. The fraction of sp³-hybridized carbons (Fsp3) is 0.238. The van der Waals surface area contributed by atoms with Crippen LogP contribution in [-0.2, 0) is 11.2 Å². The zero-order valence-electron chi connectivity index (χ0n) is 15.7. The third-order valence-electron chi connectivity index (χ3n) is 4.41. The van der Waals surface area contributed by atoms with Crippen LogP contribution in [-0.4, -0.2) is 21.0 Å². The number of amides is 1. The summed E-state index contributed by atoms with van der Waals surface area (Å²) in [4.78, 5) is 21.0. The van der Waals surface area contributed by atoms with Crippen LogP contribution < -0.4 is 5.32 Å². The van der Waals surface area contributed by atoms with E-state index in [1.54, 1.807) is 0 Å². The van der Waals surface area contributed by atoms with Gasteiger partial charge in [0.05, 0.1) is 10.2 Å². The number of aryl methyl sites for hydroxylation is 1. The van der Waals surface area contributed by atoms with E-state index in [2.05, 4.69) is 46.4 Å². The predicted molar refractivity (Wildman–Crippen MR) is 110 cm³/mol. The number of para-hydroxylation sites is 1. The predicted octanol–water partition coefficient (Wildman–Crippen LogP) is 5.04. The zero-order valence-corrected chi connectivity index (χ0v) is 16.5. The number of anilines is 1. The van der Waals surface area contributed by atoms with Crippen LogP contribution in [0.25, 0.3) is 21.6 Å². The van der Waals surface area contributed by atoms with Gasteiger partial charge >= 0.3 is 0 Å². The number of nitrogens with one attached hydrogen (secondary N) is 1. The molecule has 0 unspecified atom stereocenters. The Balaban J connectivity index is 1.35. The molecule has 4 aromatic rings. The van der Waals surface area contributed by atoms with Crippen molar-refractivity contribution in [3.05, 3.63) is 60.0 Å². The van der Waals surface area contributed by atoms with E-state index < -0.39 is 0 Å². The molecule has 142 valence electrons.